The number of carboxylic acid groups (broad SMARTS) is 2. The zero-order chi connectivity index (χ0) is 12.2. The van der Waals surface area contributed by atoms with E-state index in [2.05, 4.69) is 0 Å². The normalized spacial score (nSPS) is 18.9. The average molecular weight is 224 g/mol. The van der Waals surface area contributed by atoms with Crippen LogP contribution in [0, 0.1) is 0 Å². The quantitative estimate of drug-likeness (QED) is 0.278. The first-order valence-electron chi connectivity index (χ1n) is 3.95. The summed E-state index contributed by atoms with van der Waals surface area (Å²) in [6.45, 7) is 0. The summed E-state index contributed by atoms with van der Waals surface area (Å²) in [5.74, 6) is -3.38. The molecule has 6 N–H and O–H groups in total. The molecule has 0 aromatic carbocycles. The van der Waals surface area contributed by atoms with Crippen LogP contribution in [-0.4, -0.2) is 67.0 Å². The molecule has 0 amide bonds. The van der Waals surface area contributed by atoms with E-state index in [1.165, 1.54) is 0 Å². The van der Waals surface area contributed by atoms with Crippen LogP contribution in [0.5, 0.6) is 0 Å². The molecular formula is C7H12O8. The van der Waals surface area contributed by atoms with Crippen LogP contribution in [0.3, 0.4) is 0 Å². The lowest BCUT2D eigenvalue weighted by molar-refractivity contribution is -0.160. The summed E-state index contributed by atoms with van der Waals surface area (Å²) in [5.41, 5.74) is 0. The van der Waals surface area contributed by atoms with Gasteiger partial charge < -0.3 is 30.6 Å². The Hall–Kier alpha value is -1.22. The van der Waals surface area contributed by atoms with Crippen molar-refractivity contribution in [3.8, 4) is 0 Å². The van der Waals surface area contributed by atoms with Crippen molar-refractivity contribution >= 4 is 11.9 Å². The third-order valence-electron chi connectivity index (χ3n) is 1.72. The van der Waals surface area contributed by atoms with Crippen LogP contribution < -0.4 is 0 Å². The van der Waals surface area contributed by atoms with E-state index in [0.717, 1.165) is 0 Å². The van der Waals surface area contributed by atoms with E-state index in [0.29, 0.717) is 0 Å². The highest BCUT2D eigenvalue weighted by Gasteiger charge is 2.32. The first-order valence-corrected chi connectivity index (χ1v) is 3.95. The predicted octanol–water partition coefficient (Wildman–Crippen LogP) is -3.01. The maximum absolute atomic E-state index is 10.2. The van der Waals surface area contributed by atoms with Crippen LogP contribution in [0.15, 0.2) is 0 Å². The van der Waals surface area contributed by atoms with Crippen molar-refractivity contribution in [1.29, 1.82) is 0 Å². The van der Waals surface area contributed by atoms with Gasteiger partial charge in [0.25, 0.3) is 0 Å². The third kappa shape index (κ3) is 4.21. The molecule has 0 aliphatic heterocycles. The molecule has 0 saturated carbocycles. The first-order chi connectivity index (χ1) is 6.77. The van der Waals surface area contributed by atoms with Crippen LogP contribution in [0.1, 0.15) is 6.42 Å². The summed E-state index contributed by atoms with van der Waals surface area (Å²) in [4.78, 5) is 20.3. The van der Waals surface area contributed by atoms with Gasteiger partial charge >= 0.3 is 11.9 Å². The smallest absolute Gasteiger partial charge is 0.335 e. The van der Waals surface area contributed by atoms with Crippen molar-refractivity contribution in [3.05, 3.63) is 0 Å². The molecule has 0 aliphatic rings. The van der Waals surface area contributed by atoms with E-state index in [4.69, 9.17) is 30.6 Å². The van der Waals surface area contributed by atoms with E-state index < -0.39 is 42.8 Å². The van der Waals surface area contributed by atoms with E-state index in [-0.39, 0.29) is 0 Å². The minimum absolute atomic E-state index is 0.777. The Labute approximate surface area is 84.0 Å². The zero-order valence-electron chi connectivity index (χ0n) is 7.52. The Bertz CT molecular complexity index is 239. The average Bonchev–Trinajstić information content (AvgIpc) is 2.14. The Kier molecular flexibility index (Phi) is 5.15. The number of hydrogen-bond acceptors (Lipinski definition) is 6. The number of aliphatic hydroxyl groups excluding tert-OH is 4. The molecule has 4 unspecified atom stereocenters. The summed E-state index contributed by atoms with van der Waals surface area (Å²) in [6, 6.07) is 0. The van der Waals surface area contributed by atoms with Gasteiger partial charge in [-0.2, -0.15) is 0 Å². The summed E-state index contributed by atoms with van der Waals surface area (Å²) in [6.07, 6.45) is -8.85. The molecule has 0 heterocycles. The summed E-state index contributed by atoms with van der Waals surface area (Å²) in [7, 11) is 0. The fourth-order valence-corrected chi connectivity index (χ4v) is 0.825. The predicted molar refractivity (Wildman–Crippen MR) is 43.9 cm³/mol. The van der Waals surface area contributed by atoms with Crippen molar-refractivity contribution in [2.45, 2.75) is 30.8 Å². The van der Waals surface area contributed by atoms with Crippen molar-refractivity contribution in [3.63, 3.8) is 0 Å². The number of carboxylic acids is 2. The number of aliphatic hydroxyl groups is 4. The number of rotatable bonds is 6. The highest BCUT2D eigenvalue weighted by molar-refractivity contribution is 5.73. The van der Waals surface area contributed by atoms with E-state index in [1.54, 1.807) is 0 Å². The maximum atomic E-state index is 10.2. The summed E-state index contributed by atoms with van der Waals surface area (Å²) in [5, 5.41) is 52.1. The zero-order valence-corrected chi connectivity index (χ0v) is 7.52. The SMILES string of the molecule is O=C(O)C(O)CC(O)C(O)C(O)C(=O)O. The standard InChI is InChI=1S/C7H12O8/c8-2(1-3(9)6(12)13)4(10)5(11)7(14)15/h2-5,8-11H,1H2,(H,12,13)(H,14,15). The van der Waals surface area contributed by atoms with E-state index in [1.807, 2.05) is 0 Å². The molecule has 8 nitrogen and oxygen atoms in total. The summed E-state index contributed by atoms with van der Waals surface area (Å²) < 4.78 is 0. The third-order valence-corrected chi connectivity index (χ3v) is 1.72. The van der Waals surface area contributed by atoms with Gasteiger partial charge in [-0.05, 0) is 0 Å². The Morgan fingerprint density at radius 1 is 0.933 bits per heavy atom. The number of hydrogen-bond donors (Lipinski definition) is 6. The molecule has 88 valence electrons. The summed E-state index contributed by atoms with van der Waals surface area (Å²) >= 11 is 0. The molecule has 4 atom stereocenters. The molecule has 0 rings (SSSR count). The van der Waals surface area contributed by atoms with Crippen molar-refractivity contribution in [1.82, 2.24) is 0 Å². The molecule has 0 fully saturated rings. The molecule has 0 aromatic heterocycles. The van der Waals surface area contributed by atoms with Gasteiger partial charge in [-0.15, -0.1) is 0 Å². The van der Waals surface area contributed by atoms with Gasteiger partial charge in [0, 0.05) is 6.42 Å². The van der Waals surface area contributed by atoms with Gasteiger partial charge in [0.2, 0.25) is 0 Å². The molecule has 0 aliphatic carbocycles. The van der Waals surface area contributed by atoms with Crippen LogP contribution in [-0.2, 0) is 9.59 Å². The van der Waals surface area contributed by atoms with Gasteiger partial charge in [-0.25, -0.2) is 9.59 Å². The molecular weight excluding hydrogens is 212 g/mol. The maximum Gasteiger partial charge on any atom is 0.335 e. The fraction of sp³-hybridized carbons (Fsp3) is 0.714. The molecule has 0 saturated heterocycles. The lowest BCUT2D eigenvalue weighted by Crippen LogP contribution is -2.44. The van der Waals surface area contributed by atoms with Crippen LogP contribution in [0.4, 0.5) is 0 Å². The van der Waals surface area contributed by atoms with Crippen molar-refractivity contribution < 1.29 is 40.2 Å². The molecule has 0 aromatic rings. The van der Waals surface area contributed by atoms with Gasteiger partial charge in [0.1, 0.15) is 6.10 Å². The minimum Gasteiger partial charge on any atom is -0.479 e. The Balaban J connectivity index is 4.26. The van der Waals surface area contributed by atoms with Crippen LogP contribution in [0.2, 0.25) is 0 Å². The van der Waals surface area contributed by atoms with Gasteiger partial charge in [0.15, 0.2) is 12.2 Å². The Morgan fingerprint density at radius 2 is 1.40 bits per heavy atom. The first kappa shape index (κ1) is 13.8. The highest BCUT2D eigenvalue weighted by Crippen LogP contribution is 2.07. The van der Waals surface area contributed by atoms with Crippen molar-refractivity contribution in [2.75, 3.05) is 0 Å². The van der Waals surface area contributed by atoms with Gasteiger partial charge in [-0.3, -0.25) is 0 Å². The lowest BCUT2D eigenvalue weighted by atomic mass is 10.0. The number of aliphatic carboxylic acids is 2. The molecule has 0 spiro atoms. The largest absolute Gasteiger partial charge is 0.479 e. The molecule has 0 radical (unpaired) electrons. The lowest BCUT2D eigenvalue weighted by Gasteiger charge is -2.20. The monoisotopic (exact) mass is 224 g/mol. The second-order valence-electron chi connectivity index (χ2n) is 2.93. The molecule has 0 bridgehead atoms. The van der Waals surface area contributed by atoms with E-state index in [9.17, 15) is 9.59 Å². The second-order valence-corrected chi connectivity index (χ2v) is 2.93. The highest BCUT2D eigenvalue weighted by atomic mass is 16.4. The van der Waals surface area contributed by atoms with Crippen LogP contribution >= 0.6 is 0 Å². The molecule has 8 heteroatoms. The minimum atomic E-state index is -2.24. The van der Waals surface area contributed by atoms with Gasteiger partial charge in [0.05, 0.1) is 6.10 Å². The van der Waals surface area contributed by atoms with E-state index >= 15 is 0 Å². The van der Waals surface area contributed by atoms with Gasteiger partial charge in [-0.1, -0.05) is 0 Å². The van der Waals surface area contributed by atoms with Crippen LogP contribution in [0.25, 0.3) is 0 Å². The Morgan fingerprint density at radius 3 is 1.73 bits per heavy atom. The fourth-order valence-electron chi connectivity index (χ4n) is 0.825. The number of carbonyl (C=O) groups is 2. The van der Waals surface area contributed by atoms with Crippen molar-refractivity contribution in [2.24, 2.45) is 0 Å². The topological polar surface area (TPSA) is 156 Å². The second kappa shape index (κ2) is 5.61. The molecule has 15 heavy (non-hydrogen) atoms.